The van der Waals surface area contributed by atoms with Gasteiger partial charge in [0.1, 0.15) is 42.3 Å². The molecule has 22 heteroatoms. The summed E-state index contributed by atoms with van der Waals surface area (Å²) in [6.45, 7) is 14.5. The minimum atomic E-state index is -1.22. The van der Waals surface area contributed by atoms with Crippen molar-refractivity contribution in [3.8, 4) is 0 Å². The molecule has 0 bridgehead atoms. The number of carboxylic acid groups (broad SMARTS) is 1. The largest absolute Gasteiger partial charge is 0.480 e. The van der Waals surface area contributed by atoms with Crippen molar-refractivity contribution >= 4 is 53.3 Å². The molecule has 0 aromatic carbocycles. The van der Waals surface area contributed by atoms with Crippen LogP contribution < -0.4 is 48.7 Å². The number of amides is 7. The molecule has 366 valence electrons. The van der Waals surface area contributed by atoms with E-state index in [1.165, 1.54) is 17.4 Å². The van der Waals surface area contributed by atoms with E-state index >= 15 is 0 Å². The van der Waals surface area contributed by atoms with Gasteiger partial charge in [-0.05, 0) is 56.4 Å². The predicted octanol–water partition coefficient (Wildman–Crippen LogP) is -0.996. The number of aromatic amines is 1. The first-order valence-electron chi connectivity index (χ1n) is 22.7. The number of nitrogens with zero attached hydrogens (tertiary/aromatic N) is 3. The van der Waals surface area contributed by atoms with Gasteiger partial charge in [0.15, 0.2) is 5.96 Å². The van der Waals surface area contributed by atoms with Crippen molar-refractivity contribution in [3.63, 3.8) is 0 Å². The summed E-state index contributed by atoms with van der Waals surface area (Å²) >= 11 is 0. The SMILES string of the molecule is CCC(C)C(NC(=O)C1CCCN1C(=O)C(Cc1cnc[nH]1)NC(=O)C(NC(=O)C(NC(=O)C(NC(=O)C(CCCN=C(N)N)NC(=O)CNC)C(C)C)C(C)CC)C(C)CC)C(=O)O. The third-order valence-corrected chi connectivity index (χ3v) is 12.0. The van der Waals surface area contributed by atoms with E-state index in [9.17, 15) is 43.5 Å². The lowest BCUT2D eigenvalue weighted by Gasteiger charge is -2.33. The minimum absolute atomic E-state index is 0.0363. The van der Waals surface area contributed by atoms with Crippen LogP contribution in [0.1, 0.15) is 106 Å². The van der Waals surface area contributed by atoms with Crippen LogP contribution >= 0.6 is 0 Å². The smallest absolute Gasteiger partial charge is 0.326 e. The lowest BCUT2D eigenvalue weighted by molar-refractivity contribution is -0.146. The number of rotatable bonds is 28. The number of nitrogens with one attached hydrogen (secondary N) is 8. The number of carbonyl (C=O) groups excluding carboxylic acids is 7. The molecule has 65 heavy (non-hydrogen) atoms. The van der Waals surface area contributed by atoms with Crippen LogP contribution in [0.3, 0.4) is 0 Å². The van der Waals surface area contributed by atoms with E-state index in [0.717, 1.165) is 0 Å². The van der Waals surface area contributed by atoms with Gasteiger partial charge in [-0.1, -0.05) is 74.7 Å². The van der Waals surface area contributed by atoms with Crippen molar-refractivity contribution in [2.75, 3.05) is 26.7 Å². The molecule has 10 atom stereocenters. The van der Waals surface area contributed by atoms with Crippen LogP contribution in [0.15, 0.2) is 17.5 Å². The van der Waals surface area contributed by atoms with Crippen molar-refractivity contribution < 1.29 is 43.5 Å². The molecule has 0 saturated carbocycles. The zero-order chi connectivity index (χ0) is 49.0. The molecule has 2 rings (SSSR count). The molecular formula is C43H75N13O9. The Bertz CT molecular complexity index is 1770. The number of imidazole rings is 1. The molecular weight excluding hydrogens is 843 g/mol. The van der Waals surface area contributed by atoms with Crippen molar-refractivity contribution in [1.82, 2.24) is 52.1 Å². The summed E-state index contributed by atoms with van der Waals surface area (Å²) in [4.78, 5) is 121. The maximum Gasteiger partial charge on any atom is 0.326 e. The summed E-state index contributed by atoms with van der Waals surface area (Å²) in [6.07, 6.45) is 5.54. The summed E-state index contributed by atoms with van der Waals surface area (Å²) in [6, 6.07) is -7.85. The second kappa shape index (κ2) is 27.5. The second-order valence-corrected chi connectivity index (χ2v) is 17.3. The number of guanidine groups is 1. The predicted molar refractivity (Wildman–Crippen MR) is 243 cm³/mol. The number of likely N-dealkylation sites (tertiary alicyclic amines) is 1. The zero-order valence-corrected chi connectivity index (χ0v) is 39.5. The standard InChI is InChI=1S/C43H75N13O9/c1-10-24(6)33(39(61)51-29(19-27-20-47-22-49-27)41(63)56-18-14-16-30(56)37(59)55-35(42(64)65)26(8)12-3)54-40(62)34(25(7)11-2)53-38(60)32(23(4)5)52-36(58)28(50-31(57)21-46-9)15-13-17-48-43(44)45/h20,22-26,28-30,32-35,46H,10-19,21H2,1-9H3,(H,47,49)(H,50,57)(H,51,61)(H,52,58)(H,53,60)(H,54,62)(H,55,59)(H,64,65)(H4,44,45,48). The Morgan fingerprint density at radius 3 is 1.85 bits per heavy atom. The van der Waals surface area contributed by atoms with E-state index in [1.807, 2.05) is 20.8 Å². The Kier molecular flexibility index (Phi) is 23.4. The molecule has 0 spiro atoms. The molecule has 2 heterocycles. The van der Waals surface area contributed by atoms with Crippen LogP contribution in [0.25, 0.3) is 0 Å². The molecule has 22 nitrogen and oxygen atoms in total. The van der Waals surface area contributed by atoms with Crippen LogP contribution in [0.5, 0.6) is 0 Å². The highest BCUT2D eigenvalue weighted by Crippen LogP contribution is 2.22. The summed E-state index contributed by atoms with van der Waals surface area (Å²) in [5.41, 5.74) is 11.4. The summed E-state index contributed by atoms with van der Waals surface area (Å²) in [7, 11) is 1.58. The van der Waals surface area contributed by atoms with Gasteiger partial charge in [-0.25, -0.2) is 9.78 Å². The highest BCUT2D eigenvalue weighted by atomic mass is 16.4. The molecule has 1 aliphatic heterocycles. The minimum Gasteiger partial charge on any atom is -0.480 e. The molecule has 1 aromatic heterocycles. The average Bonchev–Trinajstić information content (AvgIpc) is 3.98. The Morgan fingerprint density at radius 2 is 1.34 bits per heavy atom. The number of carboxylic acids is 1. The molecule has 10 unspecified atom stereocenters. The highest BCUT2D eigenvalue weighted by Gasteiger charge is 2.41. The number of H-pyrrole nitrogens is 1. The maximum absolute atomic E-state index is 14.4. The first-order chi connectivity index (χ1) is 30.7. The lowest BCUT2D eigenvalue weighted by Crippen LogP contribution is -2.62. The molecule has 0 radical (unpaired) electrons. The highest BCUT2D eigenvalue weighted by molar-refractivity contribution is 5.98. The third kappa shape index (κ3) is 17.3. The third-order valence-electron chi connectivity index (χ3n) is 12.0. The molecule has 1 saturated heterocycles. The number of likely N-dealkylation sites (N-methyl/N-ethyl adjacent to an activating group) is 1. The number of aromatic nitrogens is 2. The number of nitrogens with two attached hydrogens (primary N) is 2. The van der Waals surface area contributed by atoms with Gasteiger partial charge in [-0.3, -0.25) is 38.6 Å². The monoisotopic (exact) mass is 918 g/mol. The van der Waals surface area contributed by atoms with Gasteiger partial charge < -0.3 is 63.7 Å². The Balaban J connectivity index is 2.37. The zero-order valence-electron chi connectivity index (χ0n) is 39.5. The molecule has 1 aromatic rings. The Morgan fingerprint density at radius 1 is 0.785 bits per heavy atom. The number of hydrogen-bond acceptors (Lipinski definition) is 11. The molecule has 1 fully saturated rings. The lowest BCUT2D eigenvalue weighted by atomic mass is 9.93. The van der Waals surface area contributed by atoms with Crippen LogP contribution in [-0.2, 0) is 44.8 Å². The molecule has 0 aliphatic carbocycles. The van der Waals surface area contributed by atoms with Crippen LogP contribution in [0.4, 0.5) is 0 Å². The van der Waals surface area contributed by atoms with Gasteiger partial charge in [0, 0.05) is 31.4 Å². The number of hydrogen-bond donors (Lipinski definition) is 11. The van der Waals surface area contributed by atoms with Crippen molar-refractivity contribution in [2.45, 2.75) is 149 Å². The van der Waals surface area contributed by atoms with Crippen LogP contribution in [0, 0.1) is 23.7 Å². The van der Waals surface area contributed by atoms with E-state index in [1.54, 1.807) is 41.7 Å². The van der Waals surface area contributed by atoms with Gasteiger partial charge >= 0.3 is 5.97 Å². The Hall–Kier alpha value is -5.80. The number of aliphatic imine (C=N–C) groups is 1. The van der Waals surface area contributed by atoms with Crippen LogP contribution in [-0.4, -0.2) is 142 Å². The van der Waals surface area contributed by atoms with Crippen molar-refractivity contribution in [2.24, 2.45) is 40.1 Å². The topological polar surface area (TPSA) is 337 Å². The fraction of sp³-hybridized carbons (Fsp3) is 0.721. The Labute approximate surface area is 382 Å². The van der Waals surface area contributed by atoms with Crippen molar-refractivity contribution in [1.29, 1.82) is 0 Å². The first-order valence-corrected chi connectivity index (χ1v) is 22.7. The van der Waals surface area contributed by atoms with E-state index in [-0.39, 0.29) is 44.4 Å². The average molecular weight is 918 g/mol. The van der Waals surface area contributed by atoms with E-state index in [0.29, 0.717) is 44.2 Å². The number of carbonyl (C=O) groups is 8. The number of aliphatic carboxylic acids is 1. The first kappa shape index (κ1) is 55.3. The maximum atomic E-state index is 14.4. The van der Waals surface area contributed by atoms with E-state index in [4.69, 9.17) is 11.5 Å². The molecule has 1 aliphatic rings. The van der Waals surface area contributed by atoms with Gasteiger partial charge in [0.2, 0.25) is 41.4 Å². The van der Waals surface area contributed by atoms with Crippen molar-refractivity contribution in [3.05, 3.63) is 18.2 Å². The normalized spacial score (nSPS) is 17.8. The second-order valence-electron chi connectivity index (χ2n) is 17.3. The summed E-state index contributed by atoms with van der Waals surface area (Å²) < 4.78 is 0. The summed E-state index contributed by atoms with van der Waals surface area (Å²) in [5.74, 6) is -7.28. The van der Waals surface area contributed by atoms with Crippen LogP contribution in [0.2, 0.25) is 0 Å². The van der Waals surface area contributed by atoms with Gasteiger partial charge in [-0.2, -0.15) is 0 Å². The van der Waals surface area contributed by atoms with E-state index in [2.05, 4.69) is 52.2 Å². The summed E-state index contributed by atoms with van der Waals surface area (Å²) in [5, 5.41) is 29.0. The fourth-order valence-corrected chi connectivity index (χ4v) is 7.37. The molecule has 13 N–H and O–H groups in total. The quantitative estimate of drug-likeness (QED) is 0.0274. The van der Waals surface area contributed by atoms with Gasteiger partial charge in [-0.15, -0.1) is 0 Å². The van der Waals surface area contributed by atoms with E-state index < -0.39 is 107 Å². The van der Waals surface area contributed by atoms with Gasteiger partial charge in [0.05, 0.1) is 12.9 Å². The fourth-order valence-electron chi connectivity index (χ4n) is 7.37. The van der Waals surface area contributed by atoms with Gasteiger partial charge in [0.25, 0.3) is 0 Å². The molecule has 7 amide bonds.